The molecule has 1 fully saturated rings. The average molecular weight is 663 g/mol. The second-order valence-electron chi connectivity index (χ2n) is 15.0. The maximum absolute atomic E-state index is 14.0. The topological polar surface area (TPSA) is 135 Å². The number of ether oxygens (including phenoxy) is 1. The minimum absolute atomic E-state index is 0.124. The van der Waals surface area contributed by atoms with E-state index in [4.69, 9.17) is 4.74 Å². The molecule has 1 aliphatic carbocycles. The van der Waals surface area contributed by atoms with Crippen LogP contribution in [0.3, 0.4) is 0 Å². The van der Waals surface area contributed by atoms with E-state index in [2.05, 4.69) is 10.6 Å². The Bertz CT molecular complexity index is 1020. The molecule has 10 nitrogen and oxygen atoms in total. The third kappa shape index (κ3) is 15.2. The van der Waals surface area contributed by atoms with Gasteiger partial charge in [-0.3, -0.25) is 10.1 Å². The number of aliphatic hydroxyl groups is 3. The fraction of sp³-hybridized carbons (Fsp3) is 0.784. The van der Waals surface area contributed by atoms with Crippen molar-refractivity contribution in [2.75, 3.05) is 27.2 Å². The van der Waals surface area contributed by atoms with Crippen molar-refractivity contribution in [3.05, 3.63) is 35.9 Å². The first-order valence-corrected chi connectivity index (χ1v) is 17.9. The van der Waals surface area contributed by atoms with Crippen LogP contribution in [0.5, 0.6) is 0 Å². The van der Waals surface area contributed by atoms with E-state index in [1.54, 1.807) is 4.90 Å². The van der Waals surface area contributed by atoms with Gasteiger partial charge in [-0.1, -0.05) is 90.1 Å². The highest BCUT2D eigenvalue weighted by molar-refractivity contribution is 5.84. The highest BCUT2D eigenvalue weighted by atomic mass is 16.6. The molecule has 2 rings (SSSR count). The van der Waals surface area contributed by atoms with Gasteiger partial charge >= 0.3 is 6.09 Å². The summed E-state index contributed by atoms with van der Waals surface area (Å²) >= 11 is 0. The maximum atomic E-state index is 14.0. The molecule has 0 radical (unpaired) electrons. The van der Waals surface area contributed by atoms with E-state index in [0.717, 1.165) is 31.2 Å². The predicted molar refractivity (Wildman–Crippen MR) is 188 cm³/mol. The van der Waals surface area contributed by atoms with Crippen molar-refractivity contribution in [2.45, 2.75) is 142 Å². The van der Waals surface area contributed by atoms with Gasteiger partial charge in [0.1, 0.15) is 6.23 Å². The third-order valence-corrected chi connectivity index (χ3v) is 9.10. The molecule has 6 atom stereocenters. The number of aliphatic hydroxyl groups excluding tert-OH is 3. The van der Waals surface area contributed by atoms with Gasteiger partial charge in [0.25, 0.3) is 5.91 Å². The molecule has 47 heavy (non-hydrogen) atoms. The Labute approximate surface area is 284 Å². The molecule has 1 aromatic carbocycles. The van der Waals surface area contributed by atoms with E-state index in [9.17, 15) is 24.9 Å². The number of carbonyl (C=O) groups is 2. The molecule has 0 aliphatic heterocycles. The lowest BCUT2D eigenvalue weighted by molar-refractivity contribution is -0.132. The average Bonchev–Trinajstić information content (AvgIpc) is 2.99. The smallest absolute Gasteiger partial charge is 0.410 e. The van der Waals surface area contributed by atoms with Gasteiger partial charge in [0.2, 0.25) is 0 Å². The lowest BCUT2D eigenvalue weighted by atomic mass is 9.82. The van der Waals surface area contributed by atoms with Gasteiger partial charge in [0.15, 0.2) is 6.10 Å². The predicted octanol–water partition coefficient (Wildman–Crippen LogP) is 4.55. The first kappa shape index (κ1) is 40.9. The maximum Gasteiger partial charge on any atom is 0.410 e. The van der Waals surface area contributed by atoms with Crippen LogP contribution in [0.1, 0.15) is 98.5 Å². The van der Waals surface area contributed by atoms with E-state index in [1.165, 1.54) is 6.42 Å². The van der Waals surface area contributed by atoms with Crippen LogP contribution in [0.15, 0.2) is 30.3 Å². The van der Waals surface area contributed by atoms with Gasteiger partial charge in [-0.15, -0.1) is 0 Å². The highest BCUT2D eigenvalue weighted by Crippen LogP contribution is 2.29. The molecule has 1 unspecified atom stereocenters. The SMILES string of the molecule is CC(C)C[C@H](NC(=O)[C@H](Cc1ccccc1)OC(=O)N(CCN(C)C)C(C)C)C(O)N[C@@H](CC1CCCCC1)[C@@H](O)[C@@H](O)CC(C)C. The molecule has 5 N–H and O–H groups in total. The second kappa shape index (κ2) is 21.0. The van der Waals surface area contributed by atoms with E-state index >= 15 is 0 Å². The van der Waals surface area contributed by atoms with Crippen LogP contribution in [0.25, 0.3) is 0 Å². The Balaban J connectivity index is 2.30. The van der Waals surface area contributed by atoms with Gasteiger partial charge < -0.3 is 35.2 Å². The number of amides is 2. The van der Waals surface area contributed by atoms with Crippen molar-refractivity contribution in [1.29, 1.82) is 0 Å². The number of benzene rings is 1. The Morgan fingerprint density at radius 2 is 1.49 bits per heavy atom. The lowest BCUT2D eigenvalue weighted by Crippen LogP contribution is -2.59. The molecule has 0 aromatic heterocycles. The largest absolute Gasteiger partial charge is 0.436 e. The number of likely N-dealkylation sites (N-methyl/N-ethyl adjacent to an activating group) is 1. The highest BCUT2D eigenvalue weighted by Gasteiger charge is 2.35. The summed E-state index contributed by atoms with van der Waals surface area (Å²) in [4.78, 5) is 31.0. The number of nitrogens with one attached hydrogen (secondary N) is 2. The van der Waals surface area contributed by atoms with E-state index in [-0.39, 0.29) is 24.3 Å². The zero-order chi connectivity index (χ0) is 35.1. The molecule has 0 bridgehead atoms. The fourth-order valence-corrected chi connectivity index (χ4v) is 6.44. The summed E-state index contributed by atoms with van der Waals surface area (Å²) in [6.45, 7) is 13.0. The fourth-order valence-electron chi connectivity index (χ4n) is 6.44. The van der Waals surface area contributed by atoms with Crippen LogP contribution in [0.2, 0.25) is 0 Å². The number of nitrogens with zero attached hydrogens (tertiary/aromatic N) is 2. The first-order chi connectivity index (χ1) is 22.2. The lowest BCUT2D eigenvalue weighted by Gasteiger charge is -2.36. The van der Waals surface area contributed by atoms with Crippen LogP contribution in [0, 0.1) is 17.8 Å². The summed E-state index contributed by atoms with van der Waals surface area (Å²) < 4.78 is 5.93. The summed E-state index contributed by atoms with van der Waals surface area (Å²) in [7, 11) is 3.88. The number of hydrogen-bond donors (Lipinski definition) is 5. The van der Waals surface area contributed by atoms with Crippen molar-refractivity contribution in [3.63, 3.8) is 0 Å². The molecule has 0 spiro atoms. The summed E-state index contributed by atoms with van der Waals surface area (Å²) in [6, 6.07) is 8.03. The molecule has 10 heteroatoms. The first-order valence-electron chi connectivity index (χ1n) is 17.9. The molecule has 1 saturated carbocycles. The quantitative estimate of drug-likeness (QED) is 0.129. The Kier molecular flexibility index (Phi) is 18.3. The van der Waals surface area contributed by atoms with E-state index in [0.29, 0.717) is 38.3 Å². The van der Waals surface area contributed by atoms with Crippen molar-refractivity contribution >= 4 is 12.0 Å². The monoisotopic (exact) mass is 662 g/mol. The van der Waals surface area contributed by atoms with Crippen molar-refractivity contribution in [3.8, 4) is 0 Å². The molecule has 1 aliphatic rings. The molecule has 0 saturated heterocycles. The molecule has 270 valence electrons. The standard InChI is InChI=1S/C37H66N4O6/c1-25(2)21-31(35(44)38-30(23-28-15-11-9-12-16-28)34(43)32(42)22-26(3)4)39-36(45)33(24-29-17-13-10-14-18-29)47-37(46)41(27(5)6)20-19-40(7)8/h10,13-14,17-18,25-28,30-35,38,42-44H,9,11-12,15-16,19-24H2,1-8H3,(H,39,45)/t30-,31-,32-,33-,34+,35?/m0/s1. The molecular formula is C37H66N4O6. The van der Waals surface area contributed by atoms with Crippen LogP contribution in [0.4, 0.5) is 4.79 Å². The van der Waals surface area contributed by atoms with Gasteiger partial charge in [0.05, 0.1) is 18.2 Å². The number of hydrogen-bond acceptors (Lipinski definition) is 8. The second-order valence-corrected chi connectivity index (χ2v) is 15.0. The number of carbonyl (C=O) groups excluding carboxylic acids is 2. The summed E-state index contributed by atoms with van der Waals surface area (Å²) in [5.41, 5.74) is 0.846. The summed E-state index contributed by atoms with van der Waals surface area (Å²) in [5, 5.41) is 40.0. The van der Waals surface area contributed by atoms with Crippen molar-refractivity contribution in [2.24, 2.45) is 17.8 Å². The van der Waals surface area contributed by atoms with Gasteiger partial charge in [-0.25, -0.2) is 4.79 Å². The van der Waals surface area contributed by atoms with Crippen LogP contribution in [-0.4, -0.2) is 107 Å². The van der Waals surface area contributed by atoms with E-state index in [1.807, 2.05) is 90.9 Å². The van der Waals surface area contributed by atoms with Gasteiger partial charge in [0, 0.05) is 31.6 Å². The number of rotatable bonds is 20. The van der Waals surface area contributed by atoms with Crippen molar-refractivity contribution in [1.82, 2.24) is 20.4 Å². The minimum Gasteiger partial charge on any atom is -0.436 e. The van der Waals surface area contributed by atoms with E-state index < -0.39 is 48.6 Å². The summed E-state index contributed by atoms with van der Waals surface area (Å²) in [5.74, 6) is 0.224. The van der Waals surface area contributed by atoms with Gasteiger partial charge in [-0.05, 0) is 70.5 Å². The summed E-state index contributed by atoms with van der Waals surface area (Å²) in [6.07, 6.45) is 2.42. The Morgan fingerprint density at radius 3 is 2.04 bits per heavy atom. The zero-order valence-electron chi connectivity index (χ0n) is 30.4. The zero-order valence-corrected chi connectivity index (χ0v) is 30.4. The minimum atomic E-state index is -1.20. The van der Waals surface area contributed by atoms with Gasteiger partial charge in [-0.2, -0.15) is 0 Å². The van der Waals surface area contributed by atoms with Crippen LogP contribution < -0.4 is 10.6 Å². The Morgan fingerprint density at radius 1 is 0.872 bits per heavy atom. The molecular weight excluding hydrogens is 596 g/mol. The molecule has 0 heterocycles. The van der Waals surface area contributed by atoms with Crippen LogP contribution >= 0.6 is 0 Å². The van der Waals surface area contributed by atoms with Crippen molar-refractivity contribution < 1.29 is 29.6 Å². The third-order valence-electron chi connectivity index (χ3n) is 9.10. The molecule has 2 amide bonds. The molecule has 1 aromatic rings. The Hall–Kier alpha value is -2.24. The van der Waals surface area contributed by atoms with Crippen LogP contribution in [-0.2, 0) is 16.0 Å². The normalized spacial score (nSPS) is 18.2.